The first-order valence-corrected chi connectivity index (χ1v) is 6.34. The Morgan fingerprint density at radius 1 is 0.857 bits per heavy atom. The summed E-state index contributed by atoms with van der Waals surface area (Å²) in [5.41, 5.74) is 0. The largest absolute Gasteiger partial charge is 0.303 e. The van der Waals surface area contributed by atoms with Crippen LogP contribution in [0.15, 0.2) is 0 Å². The first-order valence-electron chi connectivity index (χ1n) is 6.34. The van der Waals surface area contributed by atoms with Gasteiger partial charge in [0.25, 0.3) is 0 Å². The summed E-state index contributed by atoms with van der Waals surface area (Å²) < 4.78 is 0. The molecule has 76 valence electrons. The van der Waals surface area contributed by atoms with Crippen molar-refractivity contribution in [2.75, 3.05) is 0 Å². The van der Waals surface area contributed by atoms with E-state index in [-0.39, 0.29) is 0 Å². The molecule has 4 fully saturated rings. The molecule has 0 aromatic heterocycles. The van der Waals surface area contributed by atoms with Gasteiger partial charge in [0, 0.05) is 5.92 Å². The number of hydrogen-bond donors (Lipinski definition) is 0. The molecule has 0 heterocycles. The van der Waals surface area contributed by atoms with Crippen molar-refractivity contribution in [1.82, 2.24) is 0 Å². The minimum atomic E-state index is 0.459. The van der Waals surface area contributed by atoms with E-state index < -0.39 is 0 Å². The first kappa shape index (κ1) is 7.90. The molecular formula is C13H18O. The van der Waals surface area contributed by atoms with E-state index in [0.717, 1.165) is 35.5 Å². The topological polar surface area (TPSA) is 17.1 Å². The lowest BCUT2D eigenvalue weighted by Crippen LogP contribution is -2.32. The molecule has 7 atom stereocenters. The second kappa shape index (κ2) is 2.43. The number of aldehydes is 1. The van der Waals surface area contributed by atoms with Crippen LogP contribution in [0.1, 0.15) is 32.1 Å². The maximum Gasteiger partial charge on any atom is 0.123 e. The molecule has 0 saturated heterocycles. The summed E-state index contributed by atoms with van der Waals surface area (Å²) >= 11 is 0. The van der Waals surface area contributed by atoms with Gasteiger partial charge in [-0.2, -0.15) is 0 Å². The predicted octanol–water partition coefficient (Wildman–Crippen LogP) is 2.50. The van der Waals surface area contributed by atoms with Crippen molar-refractivity contribution in [1.29, 1.82) is 0 Å². The molecule has 0 N–H and O–H groups in total. The molecule has 4 aliphatic carbocycles. The van der Waals surface area contributed by atoms with E-state index in [4.69, 9.17) is 0 Å². The van der Waals surface area contributed by atoms with Crippen LogP contribution in [0.4, 0.5) is 0 Å². The Hall–Kier alpha value is -0.330. The fraction of sp³-hybridized carbons (Fsp3) is 0.923. The number of carbonyl (C=O) groups excluding carboxylic acids is 1. The van der Waals surface area contributed by atoms with E-state index in [9.17, 15) is 4.79 Å². The molecule has 0 radical (unpaired) electrons. The Morgan fingerprint density at radius 3 is 2.43 bits per heavy atom. The van der Waals surface area contributed by atoms with Gasteiger partial charge in [-0.05, 0) is 67.6 Å². The monoisotopic (exact) mass is 190 g/mol. The third-order valence-corrected chi connectivity index (χ3v) is 5.96. The summed E-state index contributed by atoms with van der Waals surface area (Å²) in [6, 6.07) is 0. The maximum absolute atomic E-state index is 11.0. The number of carbonyl (C=O) groups is 1. The van der Waals surface area contributed by atoms with Crippen molar-refractivity contribution in [3.8, 4) is 0 Å². The van der Waals surface area contributed by atoms with E-state index in [1.165, 1.54) is 38.4 Å². The molecule has 1 heteroatoms. The van der Waals surface area contributed by atoms with Crippen LogP contribution in [0.5, 0.6) is 0 Å². The highest BCUT2D eigenvalue weighted by atomic mass is 16.1. The Labute approximate surface area is 85.3 Å². The van der Waals surface area contributed by atoms with Crippen LogP contribution in [0, 0.1) is 41.4 Å². The van der Waals surface area contributed by atoms with E-state index in [1.54, 1.807) is 0 Å². The van der Waals surface area contributed by atoms with E-state index in [0.29, 0.717) is 5.92 Å². The summed E-state index contributed by atoms with van der Waals surface area (Å²) in [4.78, 5) is 11.0. The van der Waals surface area contributed by atoms with Crippen molar-refractivity contribution in [3.63, 3.8) is 0 Å². The first-order chi connectivity index (χ1) is 6.88. The molecular weight excluding hydrogens is 172 g/mol. The molecule has 0 amide bonds. The molecule has 0 spiro atoms. The van der Waals surface area contributed by atoms with Crippen LogP contribution in [0.25, 0.3) is 0 Å². The summed E-state index contributed by atoms with van der Waals surface area (Å²) in [5, 5.41) is 0. The minimum Gasteiger partial charge on any atom is -0.303 e. The second-order valence-electron chi connectivity index (χ2n) is 6.18. The average molecular weight is 190 g/mol. The lowest BCUT2D eigenvalue weighted by Gasteiger charge is -2.36. The summed E-state index contributed by atoms with van der Waals surface area (Å²) in [7, 11) is 0. The predicted molar refractivity (Wildman–Crippen MR) is 53.6 cm³/mol. The van der Waals surface area contributed by atoms with Crippen molar-refractivity contribution >= 4 is 6.29 Å². The number of fused-ring (bicyclic) bond motifs is 9. The van der Waals surface area contributed by atoms with Gasteiger partial charge in [0.05, 0.1) is 0 Å². The highest BCUT2D eigenvalue weighted by Gasteiger charge is 2.61. The zero-order valence-corrected chi connectivity index (χ0v) is 8.56. The van der Waals surface area contributed by atoms with E-state index in [2.05, 4.69) is 0 Å². The van der Waals surface area contributed by atoms with Crippen molar-refractivity contribution in [2.24, 2.45) is 41.4 Å². The standard InChI is InChI=1S/C13H18O/c14-6-10-4-9-5-11(10)13-8-2-1-7(3-8)12(9)13/h6-13H,1-5H2. The fourth-order valence-electron chi connectivity index (χ4n) is 5.77. The third-order valence-electron chi connectivity index (χ3n) is 5.96. The summed E-state index contributed by atoms with van der Waals surface area (Å²) in [6.07, 6.45) is 8.45. The Morgan fingerprint density at radius 2 is 1.64 bits per heavy atom. The van der Waals surface area contributed by atoms with E-state index in [1.807, 2.05) is 0 Å². The molecule has 0 aromatic carbocycles. The van der Waals surface area contributed by atoms with Gasteiger partial charge in [0.15, 0.2) is 0 Å². The lowest BCUT2D eigenvalue weighted by molar-refractivity contribution is -0.113. The molecule has 7 unspecified atom stereocenters. The highest BCUT2D eigenvalue weighted by Crippen LogP contribution is 2.68. The smallest absolute Gasteiger partial charge is 0.123 e. The van der Waals surface area contributed by atoms with Gasteiger partial charge in [-0.3, -0.25) is 0 Å². The molecule has 14 heavy (non-hydrogen) atoms. The quantitative estimate of drug-likeness (QED) is 0.458. The van der Waals surface area contributed by atoms with Gasteiger partial charge in [0.2, 0.25) is 0 Å². The van der Waals surface area contributed by atoms with Crippen LogP contribution in [-0.2, 0) is 4.79 Å². The maximum atomic E-state index is 11.0. The van der Waals surface area contributed by atoms with Gasteiger partial charge >= 0.3 is 0 Å². The Kier molecular flexibility index (Phi) is 1.37. The fourth-order valence-corrected chi connectivity index (χ4v) is 5.77. The highest BCUT2D eigenvalue weighted by molar-refractivity contribution is 5.55. The lowest BCUT2D eigenvalue weighted by atomic mass is 9.68. The molecule has 0 aromatic rings. The van der Waals surface area contributed by atoms with Crippen LogP contribution in [0.3, 0.4) is 0 Å². The summed E-state index contributed by atoms with van der Waals surface area (Å²) in [5.74, 6) is 6.39. The molecule has 4 aliphatic rings. The van der Waals surface area contributed by atoms with Crippen LogP contribution in [0.2, 0.25) is 0 Å². The van der Waals surface area contributed by atoms with Gasteiger partial charge < -0.3 is 4.79 Å². The normalized spacial score (nSPS) is 63.3. The van der Waals surface area contributed by atoms with E-state index >= 15 is 0 Å². The zero-order valence-electron chi connectivity index (χ0n) is 8.56. The molecule has 4 bridgehead atoms. The Bertz CT molecular complexity index is 285. The SMILES string of the molecule is O=CC1CC2CC1C1C3CCC(C3)C21. The molecule has 1 nitrogen and oxygen atoms in total. The third kappa shape index (κ3) is 0.730. The molecule has 0 aliphatic heterocycles. The van der Waals surface area contributed by atoms with Gasteiger partial charge in [0.1, 0.15) is 6.29 Å². The van der Waals surface area contributed by atoms with Crippen LogP contribution >= 0.6 is 0 Å². The minimum absolute atomic E-state index is 0.459. The van der Waals surface area contributed by atoms with Crippen molar-refractivity contribution < 1.29 is 4.79 Å². The number of hydrogen-bond acceptors (Lipinski definition) is 1. The van der Waals surface area contributed by atoms with Gasteiger partial charge in [-0.15, -0.1) is 0 Å². The van der Waals surface area contributed by atoms with Crippen molar-refractivity contribution in [3.05, 3.63) is 0 Å². The average Bonchev–Trinajstić information content (AvgIpc) is 2.94. The van der Waals surface area contributed by atoms with Gasteiger partial charge in [-0.1, -0.05) is 0 Å². The molecule has 4 saturated carbocycles. The van der Waals surface area contributed by atoms with Gasteiger partial charge in [-0.25, -0.2) is 0 Å². The van der Waals surface area contributed by atoms with Crippen LogP contribution in [-0.4, -0.2) is 6.29 Å². The second-order valence-corrected chi connectivity index (χ2v) is 6.18. The molecule has 4 rings (SSSR count). The Balaban J connectivity index is 1.71. The summed E-state index contributed by atoms with van der Waals surface area (Å²) in [6.45, 7) is 0. The zero-order chi connectivity index (χ0) is 9.28. The number of rotatable bonds is 1. The van der Waals surface area contributed by atoms with Crippen LogP contribution < -0.4 is 0 Å². The van der Waals surface area contributed by atoms with Crippen molar-refractivity contribution in [2.45, 2.75) is 32.1 Å².